The molecule has 0 radical (unpaired) electrons. The average molecular weight is 434 g/mol. The zero-order chi connectivity index (χ0) is 21.6. The van der Waals surface area contributed by atoms with Gasteiger partial charge in [0.05, 0.1) is 4.91 Å². The van der Waals surface area contributed by atoms with E-state index in [1.54, 1.807) is 11.8 Å². The summed E-state index contributed by atoms with van der Waals surface area (Å²) < 4.78 is 5.56. The smallest absolute Gasteiger partial charge is 0.262 e. The lowest BCUT2D eigenvalue weighted by Gasteiger charge is -2.39. The first-order chi connectivity index (χ1) is 15.2. The minimum Gasteiger partial charge on any atom is -0.478 e. The molecule has 2 aliphatic rings. The summed E-state index contributed by atoms with van der Waals surface area (Å²) in [5, 5.41) is 12.4. The molecule has 4 rings (SSSR count). The van der Waals surface area contributed by atoms with E-state index in [0.29, 0.717) is 16.6 Å². The number of carbonyl (C=O) groups excluding carboxylic acids is 1. The maximum absolute atomic E-state index is 13.6. The topological polar surface area (TPSA) is 65.4 Å². The lowest BCUT2D eigenvalue weighted by Crippen LogP contribution is -2.48. The van der Waals surface area contributed by atoms with Crippen LogP contribution in [0.1, 0.15) is 38.2 Å². The molecule has 1 heterocycles. The molecule has 0 aromatic heterocycles. The summed E-state index contributed by atoms with van der Waals surface area (Å²) in [6, 6.07) is 19.8. The van der Waals surface area contributed by atoms with Crippen molar-refractivity contribution in [1.29, 1.82) is 5.26 Å². The molecule has 0 bridgehead atoms. The van der Waals surface area contributed by atoms with Crippen LogP contribution in [-0.4, -0.2) is 29.0 Å². The van der Waals surface area contributed by atoms with Gasteiger partial charge >= 0.3 is 0 Å². The fraction of sp³-hybridized carbons (Fsp3) is 0.360. The summed E-state index contributed by atoms with van der Waals surface area (Å²) in [6.07, 6.45) is 6.48. The van der Waals surface area contributed by atoms with Gasteiger partial charge < -0.3 is 15.0 Å². The Balaban J connectivity index is 1.65. The van der Waals surface area contributed by atoms with Crippen molar-refractivity contribution in [1.82, 2.24) is 4.90 Å². The van der Waals surface area contributed by atoms with Crippen LogP contribution in [0.25, 0.3) is 6.08 Å². The molecule has 1 aliphatic heterocycles. The van der Waals surface area contributed by atoms with Gasteiger partial charge in [0.15, 0.2) is 12.1 Å². The Kier molecular flexibility index (Phi) is 6.83. The predicted molar refractivity (Wildman–Crippen MR) is 125 cm³/mol. The van der Waals surface area contributed by atoms with Gasteiger partial charge in [-0.05, 0) is 43.0 Å². The standard InChI is InChI=1S/C25H27N3O2S/c1-18-9-5-7-13-21(18)28-24(29)23(31-25(28)27-20-11-3-2-4-12-20)17-19-10-6-8-14-22(19)30-16-15-26/h2-4,6,8,10-12,14,17-18,21,25,27H,5,7,9,13,16H2,1H3/b23-17-/t18-,21+,25?/m0/s1. The van der Waals surface area contributed by atoms with Crippen LogP contribution in [0, 0.1) is 17.2 Å². The van der Waals surface area contributed by atoms with Crippen molar-refractivity contribution in [3.05, 3.63) is 65.1 Å². The SMILES string of the molecule is C[C@H]1CCCC[C@H]1N1C(=O)/C(=C/c2ccccc2OCC#N)SC1Nc1ccccc1. The first-order valence-electron chi connectivity index (χ1n) is 10.8. The second kappa shape index (κ2) is 9.93. The van der Waals surface area contributed by atoms with Crippen molar-refractivity contribution >= 4 is 29.4 Å². The maximum atomic E-state index is 13.6. The third-order valence-corrected chi connectivity index (χ3v) is 7.04. The first kappa shape index (κ1) is 21.3. The highest BCUT2D eigenvalue weighted by molar-refractivity contribution is 8.05. The van der Waals surface area contributed by atoms with Crippen LogP contribution in [0.3, 0.4) is 0 Å². The van der Waals surface area contributed by atoms with Gasteiger partial charge in [0.25, 0.3) is 5.91 Å². The number of rotatable bonds is 6. The number of nitriles is 1. The van der Waals surface area contributed by atoms with Gasteiger partial charge in [-0.15, -0.1) is 0 Å². The van der Waals surface area contributed by atoms with Crippen molar-refractivity contribution < 1.29 is 9.53 Å². The van der Waals surface area contributed by atoms with Crippen LogP contribution in [0.5, 0.6) is 5.75 Å². The molecule has 3 atom stereocenters. The highest BCUT2D eigenvalue weighted by Crippen LogP contribution is 2.42. The molecule has 1 N–H and O–H groups in total. The van der Waals surface area contributed by atoms with E-state index in [1.807, 2.05) is 71.6 Å². The molecule has 2 fully saturated rings. The number of nitrogens with one attached hydrogen (secondary N) is 1. The quantitative estimate of drug-likeness (QED) is 0.611. The maximum Gasteiger partial charge on any atom is 0.262 e. The summed E-state index contributed by atoms with van der Waals surface area (Å²) >= 11 is 1.55. The lowest BCUT2D eigenvalue weighted by molar-refractivity contribution is -0.129. The van der Waals surface area contributed by atoms with Gasteiger partial charge in [0.1, 0.15) is 11.8 Å². The van der Waals surface area contributed by atoms with E-state index in [-0.39, 0.29) is 24.1 Å². The molecule has 160 valence electrons. The fourth-order valence-electron chi connectivity index (χ4n) is 4.35. The number of thioether (sulfide) groups is 1. The number of anilines is 1. The highest BCUT2D eigenvalue weighted by Gasteiger charge is 2.42. The molecule has 1 aliphatic carbocycles. The minimum atomic E-state index is -0.154. The van der Waals surface area contributed by atoms with Crippen molar-refractivity contribution in [3.8, 4) is 11.8 Å². The Morgan fingerprint density at radius 3 is 2.68 bits per heavy atom. The number of para-hydroxylation sites is 2. The minimum absolute atomic E-state index is 0.0226. The summed E-state index contributed by atoms with van der Waals surface area (Å²) in [6.45, 7) is 2.24. The third kappa shape index (κ3) is 4.88. The lowest BCUT2D eigenvalue weighted by atomic mass is 9.85. The number of benzene rings is 2. The molecular formula is C25H27N3O2S. The number of hydrogen-bond donors (Lipinski definition) is 1. The molecule has 1 amide bonds. The van der Waals surface area contributed by atoms with Crippen LogP contribution in [0.15, 0.2) is 59.5 Å². The molecule has 5 nitrogen and oxygen atoms in total. The van der Waals surface area contributed by atoms with E-state index in [4.69, 9.17) is 10.00 Å². The van der Waals surface area contributed by atoms with Crippen LogP contribution in [0.2, 0.25) is 0 Å². The van der Waals surface area contributed by atoms with Gasteiger partial charge in [-0.3, -0.25) is 4.79 Å². The largest absolute Gasteiger partial charge is 0.478 e. The summed E-state index contributed by atoms with van der Waals surface area (Å²) in [5.41, 5.74) is 1.66. The summed E-state index contributed by atoms with van der Waals surface area (Å²) in [5.74, 6) is 1.15. The normalized spacial score (nSPS) is 24.8. The molecular weight excluding hydrogens is 406 g/mol. The van der Waals surface area contributed by atoms with Crippen molar-refractivity contribution in [2.45, 2.75) is 44.1 Å². The van der Waals surface area contributed by atoms with E-state index < -0.39 is 0 Å². The van der Waals surface area contributed by atoms with Crippen molar-refractivity contribution in [3.63, 3.8) is 0 Å². The highest BCUT2D eigenvalue weighted by atomic mass is 32.2. The molecule has 1 unspecified atom stereocenters. The molecule has 1 saturated heterocycles. The Morgan fingerprint density at radius 2 is 1.90 bits per heavy atom. The van der Waals surface area contributed by atoms with E-state index >= 15 is 0 Å². The van der Waals surface area contributed by atoms with E-state index in [9.17, 15) is 4.79 Å². The van der Waals surface area contributed by atoms with Crippen molar-refractivity contribution in [2.75, 3.05) is 11.9 Å². The number of ether oxygens (including phenoxy) is 1. The van der Waals surface area contributed by atoms with Crippen LogP contribution in [-0.2, 0) is 4.79 Å². The monoisotopic (exact) mass is 433 g/mol. The Morgan fingerprint density at radius 1 is 1.16 bits per heavy atom. The van der Waals surface area contributed by atoms with Gasteiger partial charge in [-0.2, -0.15) is 5.26 Å². The summed E-state index contributed by atoms with van der Waals surface area (Å²) in [7, 11) is 0. The van der Waals surface area contributed by atoms with Crippen LogP contribution < -0.4 is 10.1 Å². The molecule has 2 aromatic rings. The molecule has 31 heavy (non-hydrogen) atoms. The number of nitrogens with zero attached hydrogens (tertiary/aromatic N) is 2. The Hall–Kier alpha value is -2.91. The molecule has 1 saturated carbocycles. The van der Waals surface area contributed by atoms with Gasteiger partial charge in [-0.25, -0.2) is 0 Å². The first-order valence-corrected chi connectivity index (χ1v) is 11.7. The van der Waals surface area contributed by atoms with Crippen molar-refractivity contribution in [2.24, 2.45) is 5.92 Å². The molecule has 6 heteroatoms. The number of carbonyl (C=O) groups is 1. The number of amides is 1. The van der Waals surface area contributed by atoms with Gasteiger partial charge in [-0.1, -0.05) is 67.9 Å². The van der Waals surface area contributed by atoms with E-state index in [2.05, 4.69) is 12.2 Å². The van der Waals surface area contributed by atoms with Crippen LogP contribution in [0.4, 0.5) is 5.69 Å². The fourth-order valence-corrected chi connectivity index (χ4v) is 5.55. The van der Waals surface area contributed by atoms with Gasteiger partial charge in [0, 0.05) is 17.3 Å². The molecule has 0 spiro atoms. The Labute approximate surface area is 188 Å². The van der Waals surface area contributed by atoms with E-state index in [1.165, 1.54) is 6.42 Å². The van der Waals surface area contributed by atoms with E-state index in [0.717, 1.165) is 30.5 Å². The predicted octanol–water partition coefficient (Wildman–Crippen LogP) is 5.48. The second-order valence-corrected chi connectivity index (χ2v) is 9.14. The van der Waals surface area contributed by atoms with Crippen LogP contribution >= 0.6 is 11.8 Å². The van der Waals surface area contributed by atoms with Gasteiger partial charge in [0.2, 0.25) is 0 Å². The Bertz CT molecular complexity index is 986. The zero-order valence-electron chi connectivity index (χ0n) is 17.7. The summed E-state index contributed by atoms with van der Waals surface area (Å²) in [4.78, 5) is 16.3. The second-order valence-electron chi connectivity index (χ2n) is 8.02. The average Bonchev–Trinajstić information content (AvgIpc) is 3.08. The third-order valence-electron chi connectivity index (χ3n) is 5.92. The number of hydrogen-bond acceptors (Lipinski definition) is 5. The zero-order valence-corrected chi connectivity index (χ0v) is 18.5. The molecule has 2 aromatic carbocycles.